The Balaban J connectivity index is 4.87. The molecule has 0 aromatic heterocycles. The van der Waals surface area contributed by atoms with Crippen molar-refractivity contribution < 1.29 is 38.1 Å². The Hall–Kier alpha value is -1.94. The molecule has 2 atom stereocenters. The van der Waals surface area contributed by atoms with Crippen molar-refractivity contribution in [2.45, 2.75) is 51.7 Å². The second-order valence-corrected chi connectivity index (χ2v) is 8.75. The molecule has 0 amide bonds. The molecule has 0 aliphatic rings. The molecule has 0 saturated carbocycles. The number of hydrogen-bond acceptors (Lipinski definition) is 10. The van der Waals surface area contributed by atoms with Crippen LogP contribution in [0.15, 0.2) is 25.3 Å². The van der Waals surface area contributed by atoms with Crippen LogP contribution in [0.1, 0.15) is 39.5 Å². The maximum Gasteiger partial charge on any atom is 0.330 e. The van der Waals surface area contributed by atoms with E-state index in [-0.39, 0.29) is 24.8 Å². The highest BCUT2D eigenvalue weighted by Crippen LogP contribution is 2.19. The first-order valence-electron chi connectivity index (χ1n) is 10.5. The number of carbonyl (C=O) groups is 4. The second-order valence-electron chi connectivity index (χ2n) is 6.45. The van der Waals surface area contributed by atoms with Crippen molar-refractivity contribution in [2.24, 2.45) is 0 Å². The van der Waals surface area contributed by atoms with Crippen LogP contribution in [0.4, 0.5) is 0 Å². The van der Waals surface area contributed by atoms with Gasteiger partial charge in [-0.15, -0.1) is 0 Å². The standard InChI is InChI=1S/C22H34O8S2/c1-5-11-27-21(25)9-13-31-15-17(29-19(23)7-3)18(30-20(24)8-4)16-32-14-10-22(26)28-12-6-2/h7-8,17-18H,3-6,9-16H2,1-2H3. The fourth-order valence-corrected chi connectivity index (χ4v) is 4.10. The molecule has 0 bridgehead atoms. The topological polar surface area (TPSA) is 105 Å². The highest BCUT2D eigenvalue weighted by Gasteiger charge is 2.28. The summed E-state index contributed by atoms with van der Waals surface area (Å²) in [4.78, 5) is 46.9. The van der Waals surface area contributed by atoms with E-state index in [0.717, 1.165) is 25.0 Å². The molecule has 182 valence electrons. The number of hydrogen-bond donors (Lipinski definition) is 0. The van der Waals surface area contributed by atoms with Gasteiger partial charge in [0.05, 0.1) is 26.1 Å². The molecule has 32 heavy (non-hydrogen) atoms. The maximum absolute atomic E-state index is 11.8. The molecule has 0 radical (unpaired) electrons. The van der Waals surface area contributed by atoms with Crippen molar-refractivity contribution in [1.29, 1.82) is 0 Å². The lowest BCUT2D eigenvalue weighted by atomic mass is 10.2. The Morgan fingerprint density at radius 3 is 1.44 bits per heavy atom. The maximum atomic E-state index is 11.8. The molecule has 0 rings (SSSR count). The average Bonchev–Trinajstić information content (AvgIpc) is 2.79. The van der Waals surface area contributed by atoms with Crippen LogP contribution in [0.5, 0.6) is 0 Å². The number of ether oxygens (including phenoxy) is 4. The van der Waals surface area contributed by atoms with E-state index in [1.807, 2.05) is 13.8 Å². The SMILES string of the molecule is C=CC(=O)OC(CSCCC(=O)OCCC)C(CSCCC(=O)OCCC)OC(=O)C=C. The van der Waals surface area contributed by atoms with Crippen molar-refractivity contribution in [2.75, 3.05) is 36.2 Å². The first-order chi connectivity index (χ1) is 15.4. The Morgan fingerprint density at radius 1 is 0.750 bits per heavy atom. The van der Waals surface area contributed by atoms with Crippen LogP contribution >= 0.6 is 23.5 Å². The molecule has 0 fully saturated rings. The zero-order valence-corrected chi connectivity index (χ0v) is 20.5. The van der Waals surface area contributed by atoms with Gasteiger partial charge in [-0.1, -0.05) is 27.0 Å². The minimum absolute atomic E-state index is 0.221. The predicted octanol–water partition coefficient (Wildman–Crippen LogP) is 3.34. The van der Waals surface area contributed by atoms with Gasteiger partial charge in [0.1, 0.15) is 12.2 Å². The van der Waals surface area contributed by atoms with E-state index in [0.29, 0.717) is 36.2 Å². The van der Waals surface area contributed by atoms with E-state index in [9.17, 15) is 19.2 Å². The van der Waals surface area contributed by atoms with Gasteiger partial charge in [0.2, 0.25) is 0 Å². The monoisotopic (exact) mass is 490 g/mol. The van der Waals surface area contributed by atoms with Crippen LogP contribution in [0, 0.1) is 0 Å². The molecule has 8 nitrogen and oxygen atoms in total. The minimum Gasteiger partial charge on any atom is -0.466 e. The predicted molar refractivity (Wildman–Crippen MR) is 127 cm³/mol. The molecular weight excluding hydrogens is 456 g/mol. The fraction of sp³-hybridized carbons (Fsp3) is 0.636. The third kappa shape index (κ3) is 15.8. The lowest BCUT2D eigenvalue weighted by Gasteiger charge is -2.26. The van der Waals surface area contributed by atoms with Gasteiger partial charge in [-0.2, -0.15) is 23.5 Å². The minimum atomic E-state index is -0.763. The summed E-state index contributed by atoms with van der Waals surface area (Å²) in [6, 6.07) is 0. The molecule has 0 saturated heterocycles. The van der Waals surface area contributed by atoms with Crippen LogP contribution in [-0.2, 0) is 38.1 Å². The van der Waals surface area contributed by atoms with E-state index in [4.69, 9.17) is 18.9 Å². The molecular formula is C22H34O8S2. The van der Waals surface area contributed by atoms with Crippen molar-refractivity contribution in [3.05, 3.63) is 25.3 Å². The van der Waals surface area contributed by atoms with Gasteiger partial charge in [-0.25, -0.2) is 9.59 Å². The van der Waals surface area contributed by atoms with E-state index in [1.165, 1.54) is 23.5 Å². The van der Waals surface area contributed by atoms with Crippen LogP contribution in [0.3, 0.4) is 0 Å². The van der Waals surface area contributed by atoms with E-state index >= 15 is 0 Å². The molecule has 10 heteroatoms. The van der Waals surface area contributed by atoms with Gasteiger partial charge in [-0.3, -0.25) is 9.59 Å². The van der Waals surface area contributed by atoms with Gasteiger partial charge < -0.3 is 18.9 Å². The van der Waals surface area contributed by atoms with Crippen LogP contribution in [-0.4, -0.2) is 72.3 Å². The Morgan fingerprint density at radius 2 is 1.12 bits per heavy atom. The second kappa shape index (κ2) is 19.7. The Labute approximate surface area is 198 Å². The van der Waals surface area contributed by atoms with E-state index in [2.05, 4.69) is 13.2 Å². The lowest BCUT2D eigenvalue weighted by Crippen LogP contribution is -2.38. The molecule has 0 aromatic rings. The summed E-state index contributed by atoms with van der Waals surface area (Å²) in [5.74, 6) is -0.356. The van der Waals surface area contributed by atoms with Crippen molar-refractivity contribution >= 4 is 47.4 Å². The fourth-order valence-electron chi connectivity index (χ4n) is 2.12. The van der Waals surface area contributed by atoms with Gasteiger partial charge in [0, 0.05) is 35.2 Å². The zero-order chi connectivity index (χ0) is 24.2. The Kier molecular flexibility index (Phi) is 18.5. The number of esters is 4. The number of carbonyl (C=O) groups excluding carboxylic acids is 4. The van der Waals surface area contributed by atoms with Crippen molar-refractivity contribution in [3.63, 3.8) is 0 Å². The first kappa shape index (κ1) is 30.1. The highest BCUT2D eigenvalue weighted by molar-refractivity contribution is 7.99. The molecule has 0 aliphatic carbocycles. The summed E-state index contributed by atoms with van der Waals surface area (Å²) in [6.07, 6.45) is 2.48. The quantitative estimate of drug-likeness (QED) is 0.116. The van der Waals surface area contributed by atoms with Crippen LogP contribution in [0.2, 0.25) is 0 Å². The highest BCUT2D eigenvalue weighted by atomic mass is 32.2. The summed E-state index contributed by atoms with van der Waals surface area (Å²) in [5.41, 5.74) is 0. The molecule has 0 aromatic carbocycles. The summed E-state index contributed by atoms with van der Waals surface area (Å²) in [6.45, 7) is 11.4. The van der Waals surface area contributed by atoms with Crippen LogP contribution in [0.25, 0.3) is 0 Å². The smallest absolute Gasteiger partial charge is 0.330 e. The van der Waals surface area contributed by atoms with Gasteiger partial charge in [-0.05, 0) is 12.8 Å². The average molecular weight is 491 g/mol. The summed E-state index contributed by atoms with van der Waals surface area (Å²) < 4.78 is 20.9. The molecule has 0 aliphatic heterocycles. The zero-order valence-electron chi connectivity index (χ0n) is 18.9. The lowest BCUT2D eigenvalue weighted by molar-refractivity contribution is -0.158. The van der Waals surface area contributed by atoms with Crippen molar-refractivity contribution in [1.82, 2.24) is 0 Å². The largest absolute Gasteiger partial charge is 0.466 e. The summed E-state index contributed by atoms with van der Waals surface area (Å²) >= 11 is 2.76. The van der Waals surface area contributed by atoms with Gasteiger partial charge >= 0.3 is 23.9 Å². The molecule has 0 heterocycles. The van der Waals surface area contributed by atoms with Gasteiger partial charge in [0.15, 0.2) is 0 Å². The third-order valence-electron chi connectivity index (χ3n) is 3.68. The van der Waals surface area contributed by atoms with E-state index < -0.39 is 24.1 Å². The Bertz CT molecular complexity index is 557. The normalized spacial score (nSPS) is 12.2. The molecule has 0 spiro atoms. The van der Waals surface area contributed by atoms with Crippen molar-refractivity contribution in [3.8, 4) is 0 Å². The molecule has 0 N–H and O–H groups in total. The third-order valence-corrected chi connectivity index (χ3v) is 5.80. The number of rotatable bonds is 19. The number of thioether (sulfide) groups is 2. The first-order valence-corrected chi connectivity index (χ1v) is 12.8. The van der Waals surface area contributed by atoms with Crippen LogP contribution < -0.4 is 0 Å². The summed E-state index contributed by atoms with van der Waals surface area (Å²) in [7, 11) is 0. The summed E-state index contributed by atoms with van der Waals surface area (Å²) in [5, 5.41) is 0. The molecule has 2 unspecified atom stereocenters. The van der Waals surface area contributed by atoms with E-state index in [1.54, 1.807) is 0 Å². The van der Waals surface area contributed by atoms with Gasteiger partial charge in [0.25, 0.3) is 0 Å².